The van der Waals surface area contributed by atoms with E-state index in [1.54, 1.807) is 0 Å². The monoisotopic (exact) mass is 418 g/mol. The van der Waals surface area contributed by atoms with Crippen LogP contribution in [0.15, 0.2) is 18.2 Å². The molecule has 1 fully saturated rings. The Morgan fingerprint density at radius 3 is 3.00 bits per heavy atom. The molecule has 0 unspecified atom stereocenters. The minimum atomic E-state index is 0.610. The summed E-state index contributed by atoms with van der Waals surface area (Å²) < 4.78 is 9.24. The Bertz CT molecular complexity index is 610. The van der Waals surface area contributed by atoms with Crippen LogP contribution in [0.1, 0.15) is 25.1 Å². The quantitative estimate of drug-likeness (QED) is 0.364. The summed E-state index contributed by atoms with van der Waals surface area (Å²) in [6.07, 6.45) is 4.55. The molecule has 1 saturated carbocycles. The Labute approximate surface area is 144 Å². The first kappa shape index (κ1) is 15.6. The fraction of sp³-hybridized carbons (Fsp3) is 0.562. The summed E-state index contributed by atoms with van der Waals surface area (Å²) in [5.41, 5.74) is 2.28. The largest absolute Gasteiger partial charge is 0.381 e. The Morgan fingerprint density at radius 2 is 2.24 bits per heavy atom. The van der Waals surface area contributed by atoms with Crippen molar-refractivity contribution in [3.8, 4) is 0 Å². The van der Waals surface area contributed by atoms with Crippen LogP contribution in [0, 0.1) is 9.49 Å². The van der Waals surface area contributed by atoms with E-state index in [9.17, 15) is 0 Å². The number of ether oxygens (including phenoxy) is 1. The molecule has 0 saturated heterocycles. The van der Waals surface area contributed by atoms with E-state index in [-0.39, 0.29) is 0 Å². The van der Waals surface area contributed by atoms with Gasteiger partial charge >= 0.3 is 0 Å². The number of imidazole rings is 1. The van der Waals surface area contributed by atoms with Crippen LogP contribution in [-0.2, 0) is 17.7 Å². The molecule has 3 nitrogen and oxygen atoms in total. The lowest BCUT2D eigenvalue weighted by molar-refractivity contribution is 0.119. The predicted molar refractivity (Wildman–Crippen MR) is 95.0 cm³/mol. The summed E-state index contributed by atoms with van der Waals surface area (Å²) >= 11 is 8.24. The van der Waals surface area contributed by atoms with E-state index in [4.69, 9.17) is 21.3 Å². The van der Waals surface area contributed by atoms with Crippen molar-refractivity contribution in [2.75, 3.05) is 19.1 Å². The number of fused-ring (bicyclic) bond motifs is 1. The molecule has 3 rings (SSSR count). The minimum Gasteiger partial charge on any atom is -0.381 e. The van der Waals surface area contributed by atoms with Crippen molar-refractivity contribution in [1.82, 2.24) is 9.55 Å². The van der Waals surface area contributed by atoms with Crippen LogP contribution in [-0.4, -0.2) is 28.6 Å². The highest BCUT2D eigenvalue weighted by molar-refractivity contribution is 14.1. The van der Waals surface area contributed by atoms with E-state index in [0.717, 1.165) is 49.9 Å². The van der Waals surface area contributed by atoms with E-state index in [1.807, 2.05) is 0 Å². The number of halogens is 2. The summed E-state index contributed by atoms with van der Waals surface area (Å²) in [5, 5.41) is 0. The first-order valence-corrected chi connectivity index (χ1v) is 9.17. The molecule has 1 aliphatic rings. The molecule has 0 amide bonds. The fourth-order valence-corrected chi connectivity index (χ4v) is 3.18. The first-order chi connectivity index (χ1) is 10.3. The van der Waals surface area contributed by atoms with Crippen molar-refractivity contribution in [3.05, 3.63) is 27.6 Å². The third-order valence-corrected chi connectivity index (χ3v) is 4.69. The Balaban J connectivity index is 1.67. The minimum absolute atomic E-state index is 0.610. The lowest BCUT2D eigenvalue weighted by Gasteiger charge is -2.09. The molecule has 0 atom stereocenters. The zero-order valence-corrected chi connectivity index (χ0v) is 14.9. The van der Waals surface area contributed by atoms with Crippen LogP contribution in [0.3, 0.4) is 0 Å². The molecule has 0 spiro atoms. The molecule has 1 aliphatic carbocycles. The molecule has 1 aromatic heterocycles. The molecule has 0 N–H and O–H groups in total. The van der Waals surface area contributed by atoms with Crippen LogP contribution < -0.4 is 0 Å². The normalized spacial score (nSPS) is 15.0. The molecular weight excluding hydrogens is 399 g/mol. The van der Waals surface area contributed by atoms with Crippen molar-refractivity contribution in [3.63, 3.8) is 0 Å². The lowest BCUT2D eigenvalue weighted by Crippen LogP contribution is -2.08. The van der Waals surface area contributed by atoms with E-state index >= 15 is 0 Å². The van der Waals surface area contributed by atoms with Gasteiger partial charge in [-0.05, 0) is 66.0 Å². The van der Waals surface area contributed by atoms with Gasteiger partial charge in [0.05, 0.1) is 11.0 Å². The highest BCUT2D eigenvalue weighted by Crippen LogP contribution is 2.28. The van der Waals surface area contributed by atoms with Crippen molar-refractivity contribution in [2.24, 2.45) is 5.92 Å². The van der Waals surface area contributed by atoms with Crippen molar-refractivity contribution < 1.29 is 4.74 Å². The first-order valence-electron chi connectivity index (χ1n) is 7.56. The topological polar surface area (TPSA) is 27.1 Å². The van der Waals surface area contributed by atoms with Crippen LogP contribution in [0.4, 0.5) is 0 Å². The van der Waals surface area contributed by atoms with Gasteiger partial charge in [-0.25, -0.2) is 4.98 Å². The van der Waals surface area contributed by atoms with Gasteiger partial charge in [0.1, 0.15) is 5.82 Å². The average molecular weight is 419 g/mol. The summed E-state index contributed by atoms with van der Waals surface area (Å²) in [5.74, 6) is 2.54. The van der Waals surface area contributed by atoms with Crippen molar-refractivity contribution in [1.29, 1.82) is 0 Å². The van der Waals surface area contributed by atoms with Gasteiger partial charge < -0.3 is 9.30 Å². The zero-order chi connectivity index (χ0) is 14.7. The summed E-state index contributed by atoms with van der Waals surface area (Å²) in [7, 11) is 0. The molecule has 21 heavy (non-hydrogen) atoms. The number of nitrogens with zero attached hydrogens (tertiary/aromatic N) is 2. The molecule has 0 radical (unpaired) electrons. The maximum atomic E-state index is 5.91. The number of hydrogen-bond acceptors (Lipinski definition) is 2. The van der Waals surface area contributed by atoms with Crippen LogP contribution in [0.2, 0.25) is 0 Å². The Hall–Kier alpha value is -0.330. The molecule has 0 bridgehead atoms. The molecule has 5 heteroatoms. The van der Waals surface area contributed by atoms with Crippen LogP contribution in [0.25, 0.3) is 11.0 Å². The van der Waals surface area contributed by atoms with Gasteiger partial charge in [0.25, 0.3) is 0 Å². The van der Waals surface area contributed by atoms with Gasteiger partial charge in [0.2, 0.25) is 0 Å². The number of hydrogen-bond donors (Lipinski definition) is 0. The third-order valence-electron chi connectivity index (χ3n) is 3.83. The number of rotatable bonds is 8. The van der Waals surface area contributed by atoms with Crippen molar-refractivity contribution in [2.45, 2.75) is 32.2 Å². The molecule has 1 heterocycles. The Kier molecular flexibility index (Phi) is 5.40. The lowest BCUT2D eigenvalue weighted by atomic mass is 10.3. The van der Waals surface area contributed by atoms with E-state index in [1.165, 1.54) is 21.9 Å². The fourth-order valence-electron chi connectivity index (χ4n) is 2.54. The molecule has 114 valence electrons. The number of benzene rings is 1. The van der Waals surface area contributed by atoms with Gasteiger partial charge in [-0.15, -0.1) is 11.6 Å². The smallest absolute Gasteiger partial charge is 0.111 e. The SMILES string of the molecule is ClCCc1nc2cc(I)ccc2n1CCCOCC1CC1. The number of aryl methyl sites for hydroxylation is 2. The standard InChI is InChI=1S/C16H20ClIN2O/c17-7-6-16-19-14-10-13(18)4-5-15(14)20(16)8-1-9-21-11-12-2-3-12/h4-5,10,12H,1-3,6-9,11H2. The highest BCUT2D eigenvalue weighted by Gasteiger charge is 2.20. The van der Waals surface area contributed by atoms with E-state index in [0.29, 0.717) is 5.88 Å². The third kappa shape index (κ3) is 4.11. The zero-order valence-electron chi connectivity index (χ0n) is 12.0. The van der Waals surface area contributed by atoms with E-state index < -0.39 is 0 Å². The van der Waals surface area contributed by atoms with Crippen LogP contribution >= 0.6 is 34.2 Å². The second-order valence-corrected chi connectivity index (χ2v) is 7.25. The molecule has 1 aromatic carbocycles. The Morgan fingerprint density at radius 1 is 1.38 bits per heavy atom. The predicted octanol–water partition coefficient (Wildman–Crippen LogP) is 4.24. The maximum absolute atomic E-state index is 5.91. The second-order valence-electron chi connectivity index (χ2n) is 5.62. The van der Waals surface area contributed by atoms with Crippen LogP contribution in [0.5, 0.6) is 0 Å². The summed E-state index contributed by atoms with van der Waals surface area (Å²) in [4.78, 5) is 4.73. The van der Waals surface area contributed by atoms with Gasteiger partial charge in [-0.3, -0.25) is 0 Å². The second kappa shape index (κ2) is 7.29. The molecular formula is C16H20ClIN2O. The van der Waals surface area contributed by atoms with Gasteiger partial charge in [0.15, 0.2) is 0 Å². The van der Waals surface area contributed by atoms with Gasteiger partial charge in [-0.2, -0.15) is 0 Å². The highest BCUT2D eigenvalue weighted by atomic mass is 127. The summed E-state index contributed by atoms with van der Waals surface area (Å²) in [6, 6.07) is 6.43. The van der Waals surface area contributed by atoms with Gasteiger partial charge in [-0.1, -0.05) is 0 Å². The number of alkyl halides is 1. The maximum Gasteiger partial charge on any atom is 0.111 e. The summed E-state index contributed by atoms with van der Waals surface area (Å²) in [6.45, 7) is 2.73. The van der Waals surface area contributed by atoms with Crippen molar-refractivity contribution >= 4 is 45.2 Å². The molecule has 2 aromatic rings. The average Bonchev–Trinajstić information content (AvgIpc) is 3.22. The number of aromatic nitrogens is 2. The van der Waals surface area contributed by atoms with Gasteiger partial charge in [0, 0.05) is 35.6 Å². The molecule has 0 aliphatic heterocycles. The van der Waals surface area contributed by atoms with E-state index in [2.05, 4.69) is 45.4 Å².